The first-order valence-corrected chi connectivity index (χ1v) is 12.4. The summed E-state index contributed by atoms with van der Waals surface area (Å²) in [6.45, 7) is 1.37. The molecule has 1 aliphatic rings. The maximum Gasteiger partial charge on any atom is 0.417 e. The molecular weight excluding hydrogens is 506 g/mol. The number of hydrogen-bond donors (Lipinski definition) is 2. The summed E-state index contributed by atoms with van der Waals surface area (Å²) in [4.78, 5) is 48.9. The molecule has 2 amide bonds. The van der Waals surface area contributed by atoms with E-state index in [2.05, 4.69) is 10.3 Å². The fraction of sp³-hybridized carbons (Fsp3) is 0.214. The molecule has 0 bridgehead atoms. The number of aliphatic imine (C=N–C) groups is 1. The monoisotopic (exact) mass is 531 g/mol. The van der Waals surface area contributed by atoms with E-state index < -0.39 is 11.7 Å². The summed E-state index contributed by atoms with van der Waals surface area (Å²) in [6.07, 6.45) is 0. The number of halogens is 1. The van der Waals surface area contributed by atoms with Crippen molar-refractivity contribution >= 4 is 51.6 Å². The summed E-state index contributed by atoms with van der Waals surface area (Å²) in [5, 5.41) is 3.40. The molecule has 9 nitrogen and oxygen atoms in total. The van der Waals surface area contributed by atoms with Crippen molar-refractivity contribution in [3.05, 3.63) is 92.9 Å². The van der Waals surface area contributed by atoms with E-state index in [1.165, 1.54) is 0 Å². The molecule has 0 saturated heterocycles. The number of amides is 2. The van der Waals surface area contributed by atoms with Crippen LogP contribution in [0.25, 0.3) is 11.1 Å². The van der Waals surface area contributed by atoms with Crippen LogP contribution >= 0.6 is 11.6 Å². The van der Waals surface area contributed by atoms with E-state index in [4.69, 9.17) is 21.0 Å². The van der Waals surface area contributed by atoms with Crippen molar-refractivity contribution in [3.63, 3.8) is 0 Å². The molecule has 0 spiro atoms. The highest BCUT2D eigenvalue weighted by Gasteiger charge is 2.35. The predicted molar refractivity (Wildman–Crippen MR) is 148 cm³/mol. The second-order valence-electron chi connectivity index (χ2n) is 9.45. The molecule has 3 aromatic carbocycles. The minimum atomic E-state index is -0.711. The van der Waals surface area contributed by atoms with Crippen molar-refractivity contribution in [1.82, 2.24) is 14.8 Å². The van der Waals surface area contributed by atoms with Gasteiger partial charge < -0.3 is 19.5 Å². The molecule has 194 valence electrons. The fourth-order valence-corrected chi connectivity index (χ4v) is 4.57. The predicted octanol–water partition coefficient (Wildman–Crippen LogP) is 4.26. The van der Waals surface area contributed by atoms with Gasteiger partial charge in [-0.3, -0.25) is 19.6 Å². The second-order valence-corrected chi connectivity index (χ2v) is 9.89. The topological polar surface area (TPSA) is 111 Å². The van der Waals surface area contributed by atoms with Gasteiger partial charge in [-0.05, 0) is 79.8 Å². The number of benzene rings is 3. The van der Waals surface area contributed by atoms with Crippen molar-refractivity contribution in [3.8, 4) is 0 Å². The van der Waals surface area contributed by atoms with E-state index in [0.717, 1.165) is 12.1 Å². The van der Waals surface area contributed by atoms with Crippen molar-refractivity contribution in [2.24, 2.45) is 4.99 Å². The SMILES string of the molecule is CN(C)CCN(C)C(=O)c1ccc(N=C(c2ccc3oc(=O)[nH]c3c2)C2C(=O)Nc3cc(Cl)ccc32)cc1. The lowest BCUT2D eigenvalue weighted by Gasteiger charge is -2.19. The van der Waals surface area contributed by atoms with E-state index in [-0.39, 0.29) is 11.8 Å². The molecule has 10 heteroatoms. The van der Waals surface area contributed by atoms with Gasteiger partial charge in [-0.1, -0.05) is 17.7 Å². The van der Waals surface area contributed by atoms with Crippen LogP contribution in [0.2, 0.25) is 5.02 Å². The van der Waals surface area contributed by atoms with Gasteiger partial charge in [0.15, 0.2) is 5.58 Å². The largest absolute Gasteiger partial charge is 0.417 e. The third-order valence-electron chi connectivity index (χ3n) is 6.43. The molecule has 2 heterocycles. The molecule has 0 radical (unpaired) electrons. The lowest BCUT2D eigenvalue weighted by atomic mass is 9.90. The molecule has 1 aromatic heterocycles. The highest BCUT2D eigenvalue weighted by atomic mass is 35.5. The Hall–Kier alpha value is -4.21. The number of oxazole rings is 1. The third-order valence-corrected chi connectivity index (χ3v) is 6.66. The van der Waals surface area contributed by atoms with Crippen LogP contribution in [0.15, 0.2) is 74.9 Å². The van der Waals surface area contributed by atoms with Crippen LogP contribution in [-0.2, 0) is 4.79 Å². The molecule has 0 fully saturated rings. The molecule has 0 aliphatic carbocycles. The zero-order valence-electron chi connectivity index (χ0n) is 21.1. The summed E-state index contributed by atoms with van der Waals surface area (Å²) < 4.78 is 5.14. The van der Waals surface area contributed by atoms with E-state index >= 15 is 0 Å². The first kappa shape index (κ1) is 25.4. The molecular formula is C28H26ClN5O4. The number of likely N-dealkylation sites (N-methyl/N-ethyl adjacent to an activating group) is 2. The van der Waals surface area contributed by atoms with Crippen LogP contribution < -0.4 is 11.1 Å². The number of aromatic nitrogens is 1. The third kappa shape index (κ3) is 5.11. The van der Waals surface area contributed by atoms with Crippen LogP contribution in [0.1, 0.15) is 27.4 Å². The van der Waals surface area contributed by atoms with Gasteiger partial charge in [0.2, 0.25) is 5.91 Å². The minimum Gasteiger partial charge on any atom is -0.408 e. The molecule has 1 aliphatic heterocycles. The number of aromatic amines is 1. The second kappa shape index (κ2) is 10.3. The van der Waals surface area contributed by atoms with Gasteiger partial charge in [-0.15, -0.1) is 0 Å². The molecule has 0 saturated carbocycles. The van der Waals surface area contributed by atoms with Gasteiger partial charge in [-0.25, -0.2) is 4.79 Å². The normalized spacial score (nSPS) is 15.1. The van der Waals surface area contributed by atoms with Gasteiger partial charge in [0.05, 0.1) is 16.9 Å². The van der Waals surface area contributed by atoms with Crippen molar-refractivity contribution < 1.29 is 14.0 Å². The molecule has 2 N–H and O–H groups in total. The summed E-state index contributed by atoms with van der Waals surface area (Å²) in [5.74, 6) is -1.60. The highest BCUT2D eigenvalue weighted by molar-refractivity contribution is 6.31. The van der Waals surface area contributed by atoms with E-state index in [0.29, 0.717) is 50.9 Å². The van der Waals surface area contributed by atoms with Gasteiger partial charge in [0.1, 0.15) is 5.92 Å². The number of nitrogens with zero attached hydrogens (tertiary/aromatic N) is 3. The lowest BCUT2D eigenvalue weighted by molar-refractivity contribution is -0.115. The Morgan fingerprint density at radius 3 is 2.45 bits per heavy atom. The number of fused-ring (bicyclic) bond motifs is 2. The maximum atomic E-state index is 13.2. The first-order valence-electron chi connectivity index (χ1n) is 12.0. The summed E-state index contributed by atoms with van der Waals surface area (Å²) >= 11 is 6.15. The van der Waals surface area contributed by atoms with E-state index in [9.17, 15) is 14.4 Å². The summed E-state index contributed by atoms with van der Waals surface area (Å²) in [6, 6.07) is 17.4. The number of carbonyl (C=O) groups excluding carboxylic acids is 2. The number of nitrogens with one attached hydrogen (secondary N) is 2. The molecule has 4 aromatic rings. The van der Waals surface area contributed by atoms with Crippen LogP contribution in [-0.4, -0.2) is 66.5 Å². The van der Waals surface area contributed by atoms with Crippen molar-refractivity contribution in [2.75, 3.05) is 39.5 Å². The van der Waals surface area contributed by atoms with Crippen LogP contribution in [0, 0.1) is 0 Å². The van der Waals surface area contributed by atoms with Gasteiger partial charge in [-0.2, -0.15) is 0 Å². The minimum absolute atomic E-state index is 0.0852. The number of H-pyrrole nitrogens is 1. The standard InChI is InChI=1S/C28H26ClN5O4/c1-33(2)12-13-34(3)27(36)16-4-8-19(9-5-16)30-25(17-6-11-23-22(14-17)32-28(37)38-23)24-20-10-7-18(29)15-21(20)31-26(24)35/h4-11,14-15,24H,12-13H2,1-3H3,(H,31,35)(H,32,37). The Morgan fingerprint density at radius 1 is 0.974 bits per heavy atom. The zero-order chi connectivity index (χ0) is 27.0. The van der Waals surface area contributed by atoms with E-state index in [1.54, 1.807) is 72.6 Å². The number of anilines is 1. The molecule has 1 atom stereocenters. The average molecular weight is 532 g/mol. The Kier molecular flexibility index (Phi) is 6.88. The van der Waals surface area contributed by atoms with Gasteiger partial charge in [0.25, 0.3) is 5.91 Å². The van der Waals surface area contributed by atoms with Gasteiger partial charge >= 0.3 is 5.76 Å². The number of carbonyl (C=O) groups is 2. The first-order chi connectivity index (χ1) is 18.2. The van der Waals surface area contributed by atoms with Gasteiger partial charge in [0, 0.05) is 36.4 Å². The molecule has 5 rings (SSSR count). The summed E-state index contributed by atoms with van der Waals surface area (Å²) in [5.41, 5.74) is 4.51. The quantitative estimate of drug-likeness (QED) is 0.346. The molecule has 1 unspecified atom stereocenters. The van der Waals surface area contributed by atoms with Crippen LogP contribution in [0.4, 0.5) is 11.4 Å². The Morgan fingerprint density at radius 2 is 1.71 bits per heavy atom. The fourth-order valence-electron chi connectivity index (χ4n) is 4.40. The molecule has 38 heavy (non-hydrogen) atoms. The number of hydrogen-bond acceptors (Lipinski definition) is 6. The van der Waals surface area contributed by atoms with Crippen molar-refractivity contribution in [2.45, 2.75) is 5.92 Å². The zero-order valence-corrected chi connectivity index (χ0v) is 21.9. The van der Waals surface area contributed by atoms with Crippen LogP contribution in [0.3, 0.4) is 0 Å². The highest BCUT2D eigenvalue weighted by Crippen LogP contribution is 2.38. The Balaban J connectivity index is 1.54. The van der Waals surface area contributed by atoms with Crippen molar-refractivity contribution in [1.29, 1.82) is 0 Å². The number of rotatable bonds is 7. The Bertz CT molecular complexity index is 1620. The average Bonchev–Trinajstić information content (AvgIpc) is 3.42. The smallest absolute Gasteiger partial charge is 0.408 e. The lowest BCUT2D eigenvalue weighted by Crippen LogP contribution is -2.33. The van der Waals surface area contributed by atoms with E-state index in [1.807, 2.05) is 19.0 Å². The van der Waals surface area contributed by atoms with Crippen LogP contribution in [0.5, 0.6) is 0 Å². The maximum absolute atomic E-state index is 13.2. The summed E-state index contributed by atoms with van der Waals surface area (Å²) in [7, 11) is 5.69. The Labute approximate surface area is 223 Å².